The molecule has 0 spiro atoms. The number of amidine groups is 1. The van der Waals surface area contributed by atoms with Gasteiger partial charge in [-0.25, -0.2) is 0 Å². The standard InChI is InChI=1S/C10H20N4O2/c1-3-9(10(11)12-16)14-6-4-13(5-7-14)8(2)15/h9,16H,3-7H2,1-2H3,(H2,11,12). The van der Waals surface area contributed by atoms with Crippen molar-refractivity contribution in [2.75, 3.05) is 26.2 Å². The van der Waals surface area contributed by atoms with Crippen LogP contribution in [0.4, 0.5) is 0 Å². The molecule has 3 N–H and O–H groups in total. The summed E-state index contributed by atoms with van der Waals surface area (Å²) in [5.41, 5.74) is 5.63. The van der Waals surface area contributed by atoms with E-state index in [2.05, 4.69) is 10.1 Å². The zero-order chi connectivity index (χ0) is 12.1. The monoisotopic (exact) mass is 228 g/mol. The average molecular weight is 228 g/mol. The van der Waals surface area contributed by atoms with Gasteiger partial charge in [-0.15, -0.1) is 0 Å². The number of hydrogen-bond donors (Lipinski definition) is 2. The number of carbonyl (C=O) groups is 1. The van der Waals surface area contributed by atoms with Crippen LogP contribution in [0.5, 0.6) is 0 Å². The molecule has 1 aliphatic heterocycles. The van der Waals surface area contributed by atoms with Crippen molar-refractivity contribution in [2.24, 2.45) is 10.9 Å². The summed E-state index contributed by atoms with van der Waals surface area (Å²) >= 11 is 0. The molecule has 1 heterocycles. The summed E-state index contributed by atoms with van der Waals surface area (Å²) in [5.74, 6) is 0.357. The van der Waals surface area contributed by atoms with Crippen molar-refractivity contribution in [3.63, 3.8) is 0 Å². The molecule has 0 radical (unpaired) electrons. The van der Waals surface area contributed by atoms with Gasteiger partial charge in [0.05, 0.1) is 6.04 Å². The Labute approximate surface area is 95.7 Å². The van der Waals surface area contributed by atoms with Gasteiger partial charge in [-0.3, -0.25) is 9.69 Å². The maximum absolute atomic E-state index is 11.2. The van der Waals surface area contributed by atoms with Gasteiger partial charge in [-0.05, 0) is 6.42 Å². The van der Waals surface area contributed by atoms with Crippen LogP contribution in [0.2, 0.25) is 0 Å². The van der Waals surface area contributed by atoms with Crippen LogP contribution in [-0.2, 0) is 4.79 Å². The van der Waals surface area contributed by atoms with E-state index in [1.54, 1.807) is 6.92 Å². The summed E-state index contributed by atoms with van der Waals surface area (Å²) in [5, 5.41) is 11.7. The first-order valence-electron chi connectivity index (χ1n) is 5.57. The van der Waals surface area contributed by atoms with E-state index in [0.717, 1.165) is 19.5 Å². The van der Waals surface area contributed by atoms with Crippen molar-refractivity contribution >= 4 is 11.7 Å². The zero-order valence-electron chi connectivity index (χ0n) is 9.89. The van der Waals surface area contributed by atoms with E-state index in [1.807, 2.05) is 11.8 Å². The predicted molar refractivity (Wildman–Crippen MR) is 61.3 cm³/mol. The Morgan fingerprint density at radius 2 is 2.00 bits per heavy atom. The normalized spacial score (nSPS) is 20.9. The van der Waals surface area contributed by atoms with Crippen molar-refractivity contribution in [3.05, 3.63) is 0 Å². The molecule has 0 aromatic carbocycles. The third-order valence-corrected chi connectivity index (χ3v) is 3.04. The number of nitrogens with two attached hydrogens (primary N) is 1. The maximum atomic E-state index is 11.2. The highest BCUT2D eigenvalue weighted by Gasteiger charge is 2.26. The van der Waals surface area contributed by atoms with Crippen molar-refractivity contribution < 1.29 is 10.0 Å². The largest absolute Gasteiger partial charge is 0.409 e. The van der Waals surface area contributed by atoms with E-state index in [-0.39, 0.29) is 17.8 Å². The lowest BCUT2D eigenvalue weighted by atomic mass is 10.1. The molecular weight excluding hydrogens is 208 g/mol. The van der Waals surface area contributed by atoms with Gasteiger partial charge in [-0.2, -0.15) is 0 Å². The summed E-state index contributed by atoms with van der Waals surface area (Å²) in [7, 11) is 0. The van der Waals surface area contributed by atoms with Crippen LogP contribution in [-0.4, -0.2) is 59.0 Å². The Morgan fingerprint density at radius 3 is 2.38 bits per heavy atom. The molecule has 0 saturated carbocycles. The second-order valence-corrected chi connectivity index (χ2v) is 3.99. The average Bonchev–Trinajstić information content (AvgIpc) is 2.30. The molecule has 0 bridgehead atoms. The molecule has 1 aliphatic rings. The second kappa shape index (κ2) is 5.69. The smallest absolute Gasteiger partial charge is 0.219 e. The first-order valence-corrected chi connectivity index (χ1v) is 5.57. The van der Waals surface area contributed by atoms with Gasteiger partial charge in [-0.1, -0.05) is 12.1 Å². The third kappa shape index (κ3) is 2.85. The molecule has 6 heteroatoms. The van der Waals surface area contributed by atoms with Crippen LogP contribution in [0, 0.1) is 0 Å². The Balaban J connectivity index is 2.55. The maximum Gasteiger partial charge on any atom is 0.219 e. The molecule has 0 aliphatic carbocycles. The van der Waals surface area contributed by atoms with E-state index >= 15 is 0 Å². The van der Waals surface area contributed by atoms with Crippen LogP contribution in [0.15, 0.2) is 5.16 Å². The first kappa shape index (κ1) is 12.8. The highest BCUT2D eigenvalue weighted by Crippen LogP contribution is 2.09. The van der Waals surface area contributed by atoms with Crippen molar-refractivity contribution in [1.82, 2.24) is 9.80 Å². The molecule has 1 saturated heterocycles. The van der Waals surface area contributed by atoms with Gasteiger partial charge in [0.1, 0.15) is 0 Å². The number of hydrogen-bond acceptors (Lipinski definition) is 4. The SMILES string of the molecule is CCC(C(N)=NO)N1CCN(C(C)=O)CC1. The molecule has 1 unspecified atom stereocenters. The second-order valence-electron chi connectivity index (χ2n) is 3.99. The fourth-order valence-corrected chi connectivity index (χ4v) is 2.07. The van der Waals surface area contributed by atoms with E-state index in [9.17, 15) is 4.79 Å². The quantitative estimate of drug-likeness (QED) is 0.300. The van der Waals surface area contributed by atoms with Crippen molar-refractivity contribution in [1.29, 1.82) is 0 Å². The highest BCUT2D eigenvalue weighted by atomic mass is 16.4. The molecule has 1 atom stereocenters. The number of amides is 1. The zero-order valence-corrected chi connectivity index (χ0v) is 9.89. The lowest BCUT2D eigenvalue weighted by molar-refractivity contribution is -0.130. The van der Waals surface area contributed by atoms with E-state index in [4.69, 9.17) is 10.9 Å². The van der Waals surface area contributed by atoms with Crippen LogP contribution < -0.4 is 5.73 Å². The van der Waals surface area contributed by atoms with E-state index < -0.39 is 0 Å². The topological polar surface area (TPSA) is 82.2 Å². The van der Waals surface area contributed by atoms with Crippen molar-refractivity contribution in [2.45, 2.75) is 26.3 Å². The number of piperazine rings is 1. The van der Waals surface area contributed by atoms with Crippen molar-refractivity contribution in [3.8, 4) is 0 Å². The summed E-state index contributed by atoms with van der Waals surface area (Å²) < 4.78 is 0. The van der Waals surface area contributed by atoms with E-state index in [0.29, 0.717) is 13.1 Å². The lowest BCUT2D eigenvalue weighted by Crippen LogP contribution is -2.54. The summed E-state index contributed by atoms with van der Waals surface area (Å²) in [6, 6.07) is -0.0286. The minimum atomic E-state index is -0.0286. The third-order valence-electron chi connectivity index (χ3n) is 3.04. The summed E-state index contributed by atoms with van der Waals surface area (Å²) in [4.78, 5) is 15.1. The van der Waals surface area contributed by atoms with Crippen LogP contribution in [0.3, 0.4) is 0 Å². The van der Waals surface area contributed by atoms with Gasteiger partial charge in [0.25, 0.3) is 0 Å². The number of rotatable bonds is 3. The van der Waals surface area contributed by atoms with Gasteiger partial charge in [0.15, 0.2) is 5.84 Å². The van der Waals surface area contributed by atoms with Gasteiger partial charge in [0, 0.05) is 33.1 Å². The molecule has 1 fully saturated rings. The molecule has 16 heavy (non-hydrogen) atoms. The molecule has 1 rings (SSSR count). The molecule has 92 valence electrons. The van der Waals surface area contributed by atoms with Gasteiger partial charge < -0.3 is 15.8 Å². The minimum absolute atomic E-state index is 0.0286. The Morgan fingerprint density at radius 1 is 1.44 bits per heavy atom. The molecule has 0 aromatic heterocycles. The fraction of sp³-hybridized carbons (Fsp3) is 0.800. The van der Waals surface area contributed by atoms with E-state index in [1.165, 1.54) is 0 Å². The van der Waals surface area contributed by atoms with Crippen LogP contribution in [0.25, 0.3) is 0 Å². The van der Waals surface area contributed by atoms with Crippen LogP contribution in [0.1, 0.15) is 20.3 Å². The number of oxime groups is 1. The summed E-state index contributed by atoms with van der Waals surface area (Å²) in [6.45, 7) is 6.55. The first-order chi connectivity index (χ1) is 7.60. The highest BCUT2D eigenvalue weighted by molar-refractivity contribution is 5.85. The number of nitrogens with zero attached hydrogens (tertiary/aromatic N) is 3. The minimum Gasteiger partial charge on any atom is -0.409 e. The van der Waals surface area contributed by atoms with Gasteiger partial charge in [0.2, 0.25) is 5.91 Å². The molecule has 6 nitrogen and oxygen atoms in total. The predicted octanol–water partition coefficient (Wildman–Crippen LogP) is -0.324. The molecular formula is C10H20N4O2. The lowest BCUT2D eigenvalue weighted by Gasteiger charge is -2.38. The van der Waals surface area contributed by atoms with Crippen LogP contribution >= 0.6 is 0 Å². The molecule has 1 amide bonds. The molecule has 0 aromatic rings. The number of carbonyl (C=O) groups excluding carboxylic acids is 1. The Bertz CT molecular complexity index is 272. The Kier molecular flexibility index (Phi) is 4.54. The Hall–Kier alpha value is -1.30. The summed E-state index contributed by atoms with van der Waals surface area (Å²) in [6.07, 6.45) is 0.802. The fourth-order valence-electron chi connectivity index (χ4n) is 2.07. The van der Waals surface area contributed by atoms with Gasteiger partial charge >= 0.3 is 0 Å².